The van der Waals surface area contributed by atoms with Crippen LogP contribution in [0.2, 0.25) is 17.3 Å². The van der Waals surface area contributed by atoms with Crippen molar-refractivity contribution in [3.8, 4) is 28.3 Å². The molecule has 4 nitrogen and oxygen atoms in total. The van der Waals surface area contributed by atoms with Crippen LogP contribution in [0.15, 0.2) is 138 Å². The van der Waals surface area contributed by atoms with Crippen LogP contribution >= 0.6 is 0 Å². The van der Waals surface area contributed by atoms with Gasteiger partial charge in [-0.2, -0.15) is 0 Å². The fraction of sp³-hybridized carbons (Fsp3) is 0.254. The number of benzene rings is 7. The van der Waals surface area contributed by atoms with Crippen molar-refractivity contribution in [3.05, 3.63) is 168 Å². The van der Waals surface area contributed by atoms with Crippen molar-refractivity contribution >= 4 is 72.2 Å². The minimum atomic E-state index is -2.03. The quantitative estimate of drug-likeness (QED) is 0.0865. The van der Waals surface area contributed by atoms with E-state index in [2.05, 4.69) is 178 Å². The van der Waals surface area contributed by atoms with E-state index < -0.39 is 19.2 Å². The minimum Gasteiger partial charge on any atom is 0 e. The van der Waals surface area contributed by atoms with E-state index >= 15 is 0 Å². The Balaban J connectivity index is 0.000000238. The van der Waals surface area contributed by atoms with Crippen LogP contribution < -0.4 is 4.40 Å². The molecule has 7 aromatic carbocycles. The second kappa shape index (κ2) is 18.5. The van der Waals surface area contributed by atoms with Gasteiger partial charge in [-0.3, -0.25) is 4.98 Å². The summed E-state index contributed by atoms with van der Waals surface area (Å²) < 4.78 is 18.7. The standard InChI is InChI=1S/C42H37N2O.C17H22GeN.Ir/c1-24(2)29-22-34(25(3)4)40(35(23-29)26(5)6)44-38-14-10-9-13-37(38)43-42(44)28-16-20-39-36(21-28)33-19-18-31-30-12-8-7-11-27(30)15-17-32(31)41(33)45-39;1-13(2)15-11-17(14-9-7-6-8-10-14)19-12-16(15)18(3,4)5;/h7-15,17-26H,1-6H3;6-9,11-13H,1-5H3;/q2*-1;/i;13D;. The number of para-hydroxylation sites is 2. The zero-order valence-electron chi connectivity index (χ0n) is 40.5. The van der Waals surface area contributed by atoms with Gasteiger partial charge in [0.25, 0.3) is 0 Å². The van der Waals surface area contributed by atoms with Gasteiger partial charge in [0.05, 0.1) is 22.4 Å². The van der Waals surface area contributed by atoms with E-state index in [4.69, 9.17) is 10.8 Å². The number of aromatic nitrogens is 3. The summed E-state index contributed by atoms with van der Waals surface area (Å²) in [6.45, 7) is 17.7. The normalized spacial score (nSPS) is 12.4. The van der Waals surface area contributed by atoms with Crippen molar-refractivity contribution in [3.63, 3.8) is 0 Å². The van der Waals surface area contributed by atoms with Gasteiger partial charge in [-0.05, 0) is 62.7 Å². The Morgan fingerprint density at radius 1 is 0.631 bits per heavy atom. The Morgan fingerprint density at radius 3 is 1.97 bits per heavy atom. The maximum absolute atomic E-state index is 8.44. The van der Waals surface area contributed by atoms with Gasteiger partial charge in [-0.1, -0.05) is 120 Å². The Bertz CT molecular complexity index is 3360. The number of fused-ring (bicyclic) bond motifs is 8. The predicted octanol–water partition coefficient (Wildman–Crippen LogP) is 16.3. The predicted molar refractivity (Wildman–Crippen MR) is 275 cm³/mol. The van der Waals surface area contributed by atoms with Crippen LogP contribution in [0.1, 0.15) is 103 Å². The molecular formula is C59H59GeIrN3O-2. The van der Waals surface area contributed by atoms with Crippen LogP contribution in [0.5, 0.6) is 0 Å². The zero-order chi connectivity index (χ0) is 45.9. The first-order chi connectivity index (χ1) is 31.0. The van der Waals surface area contributed by atoms with Gasteiger partial charge in [0.15, 0.2) is 0 Å². The third-order valence-electron chi connectivity index (χ3n) is 12.7. The summed E-state index contributed by atoms with van der Waals surface area (Å²) in [5.74, 6) is 8.49. The van der Waals surface area contributed by atoms with Gasteiger partial charge in [0, 0.05) is 36.6 Å². The third-order valence-corrected chi connectivity index (χ3v) is 16.9. The Morgan fingerprint density at radius 2 is 1.29 bits per heavy atom. The molecule has 0 aliphatic heterocycles. The van der Waals surface area contributed by atoms with E-state index in [1.807, 2.05) is 50.4 Å². The van der Waals surface area contributed by atoms with Crippen molar-refractivity contribution in [1.82, 2.24) is 14.5 Å². The van der Waals surface area contributed by atoms with E-state index in [1.54, 1.807) is 0 Å². The molecule has 1 radical (unpaired) electrons. The molecule has 0 N–H and O–H groups in total. The van der Waals surface area contributed by atoms with E-state index in [0.29, 0.717) is 17.8 Å². The van der Waals surface area contributed by atoms with Crippen LogP contribution in [0.4, 0.5) is 0 Å². The molecule has 0 amide bonds. The average molecular weight is 1090 g/mol. The van der Waals surface area contributed by atoms with Crippen molar-refractivity contribution in [2.75, 3.05) is 0 Å². The molecule has 10 rings (SSSR count). The molecule has 0 spiro atoms. The summed E-state index contributed by atoms with van der Waals surface area (Å²) in [5.41, 5.74) is 13.2. The molecule has 65 heavy (non-hydrogen) atoms. The fourth-order valence-corrected chi connectivity index (χ4v) is 12.5. The second-order valence-electron chi connectivity index (χ2n) is 19.5. The maximum atomic E-state index is 8.44. The number of rotatable bonds is 8. The molecule has 0 bridgehead atoms. The smallest absolute Gasteiger partial charge is 0 e. The molecule has 0 atom stereocenters. The summed E-state index contributed by atoms with van der Waals surface area (Å²) >= 11 is -2.03. The van der Waals surface area contributed by atoms with Gasteiger partial charge >= 0.3 is 120 Å². The first-order valence-electron chi connectivity index (χ1n) is 23.3. The minimum absolute atomic E-state index is 0. The van der Waals surface area contributed by atoms with Crippen LogP contribution in [-0.4, -0.2) is 27.8 Å². The van der Waals surface area contributed by atoms with Crippen molar-refractivity contribution in [2.24, 2.45) is 0 Å². The molecule has 10 aromatic rings. The molecule has 3 heterocycles. The first-order valence-corrected chi connectivity index (χ1v) is 30.2. The van der Waals surface area contributed by atoms with Crippen LogP contribution in [0.25, 0.3) is 82.8 Å². The number of hydrogen-bond donors (Lipinski definition) is 0. The SMILES string of the molecule is CC(C)c1cc(C(C)C)c(-n2c(-c3[c-]cc4oc5c(ccc6c7ccccc7ccc65)c4c3)nc3ccccc32)c(C(C)C)c1.[2H]C(C)(C)c1cc(-c2[c-]cccc2)nc[c]1[Ge]([CH3])([CH3])[CH3].[Ir]. The van der Waals surface area contributed by atoms with E-state index in [1.165, 1.54) is 42.9 Å². The molecule has 0 unspecified atom stereocenters. The van der Waals surface area contributed by atoms with E-state index in [9.17, 15) is 0 Å². The average Bonchev–Trinajstić information content (AvgIpc) is 3.86. The molecule has 3 aromatic heterocycles. The second-order valence-corrected chi connectivity index (χ2v) is 30.0. The summed E-state index contributed by atoms with van der Waals surface area (Å²) in [7, 11) is 0. The van der Waals surface area contributed by atoms with Crippen LogP contribution in [0, 0.1) is 12.1 Å². The molecular weight excluding hydrogens is 1030 g/mol. The van der Waals surface area contributed by atoms with Crippen LogP contribution in [0.3, 0.4) is 0 Å². The molecule has 331 valence electrons. The Kier molecular flexibility index (Phi) is 12.8. The fourth-order valence-electron chi connectivity index (χ4n) is 9.17. The topological polar surface area (TPSA) is 43.9 Å². The number of furan rings is 1. The summed E-state index contributed by atoms with van der Waals surface area (Å²) in [6, 6.07) is 51.7. The van der Waals surface area contributed by atoms with Crippen LogP contribution in [-0.2, 0) is 20.1 Å². The molecule has 0 aliphatic carbocycles. The van der Waals surface area contributed by atoms with Gasteiger partial charge < -0.3 is 8.98 Å². The molecule has 6 heteroatoms. The van der Waals surface area contributed by atoms with E-state index in [-0.39, 0.29) is 20.1 Å². The number of nitrogens with zero attached hydrogens (tertiary/aromatic N) is 3. The summed E-state index contributed by atoms with van der Waals surface area (Å²) in [4.78, 5) is 9.90. The van der Waals surface area contributed by atoms with Crippen molar-refractivity contribution in [2.45, 2.75) is 96.3 Å². The number of pyridine rings is 1. The van der Waals surface area contributed by atoms with Crippen molar-refractivity contribution in [1.29, 1.82) is 0 Å². The van der Waals surface area contributed by atoms with Gasteiger partial charge in [-0.25, -0.2) is 0 Å². The van der Waals surface area contributed by atoms with Crippen molar-refractivity contribution < 1.29 is 25.9 Å². The monoisotopic (exact) mass is 1090 g/mol. The first kappa shape index (κ1) is 44.9. The molecule has 0 fully saturated rings. The summed E-state index contributed by atoms with van der Waals surface area (Å²) in [6.07, 6.45) is 2.00. The van der Waals surface area contributed by atoms with E-state index in [0.717, 1.165) is 66.6 Å². The maximum Gasteiger partial charge on any atom is 0 e. The Labute approximate surface area is 402 Å². The zero-order valence-corrected chi connectivity index (χ0v) is 44.0. The Hall–Kier alpha value is -5.33. The molecule has 0 saturated carbocycles. The number of hydrogen-bond acceptors (Lipinski definition) is 3. The van der Waals surface area contributed by atoms with Gasteiger partial charge in [0.2, 0.25) is 0 Å². The molecule has 0 aliphatic rings. The summed E-state index contributed by atoms with van der Waals surface area (Å²) in [5, 5.41) is 7.00. The molecule has 0 saturated heterocycles. The van der Waals surface area contributed by atoms with Gasteiger partial charge in [-0.15, -0.1) is 23.8 Å². The largest absolute Gasteiger partial charge is 0 e. The van der Waals surface area contributed by atoms with Gasteiger partial charge in [0.1, 0.15) is 5.58 Å². The number of imidazole rings is 1. The third kappa shape index (κ3) is 8.76.